The number of nitrogens with one attached hydrogen (secondary N) is 2. The first-order chi connectivity index (χ1) is 17.0. The lowest BCUT2D eigenvalue weighted by molar-refractivity contribution is -0.274. The van der Waals surface area contributed by atoms with Gasteiger partial charge in [0.05, 0.1) is 6.04 Å². The van der Waals surface area contributed by atoms with Gasteiger partial charge in [-0.15, -0.1) is 13.2 Å². The highest BCUT2D eigenvalue weighted by Crippen LogP contribution is 2.26. The van der Waals surface area contributed by atoms with Crippen LogP contribution in [-0.2, 0) is 20.7 Å². The summed E-state index contributed by atoms with van der Waals surface area (Å²) in [6.07, 6.45) is -7.92. The second-order valence-corrected chi connectivity index (χ2v) is 9.84. The van der Waals surface area contributed by atoms with E-state index in [1.54, 1.807) is 45.0 Å². The highest BCUT2D eigenvalue weighted by molar-refractivity contribution is 9.10. The van der Waals surface area contributed by atoms with Crippen LogP contribution in [0.3, 0.4) is 0 Å². The predicted molar refractivity (Wildman–Crippen MR) is 129 cm³/mol. The van der Waals surface area contributed by atoms with E-state index in [0.29, 0.717) is 5.56 Å². The van der Waals surface area contributed by atoms with Crippen LogP contribution >= 0.6 is 15.9 Å². The van der Waals surface area contributed by atoms with Gasteiger partial charge in [0.15, 0.2) is 12.1 Å². The molecule has 0 heterocycles. The molecule has 37 heavy (non-hydrogen) atoms. The Morgan fingerprint density at radius 2 is 1.65 bits per heavy atom. The van der Waals surface area contributed by atoms with E-state index in [4.69, 9.17) is 4.74 Å². The number of halogens is 4. The number of rotatable bonds is 9. The van der Waals surface area contributed by atoms with Gasteiger partial charge in [0, 0.05) is 4.47 Å². The normalized spacial score (nSPS) is 14.2. The lowest BCUT2D eigenvalue weighted by atomic mass is 9.99. The molecule has 3 atom stereocenters. The Bertz CT molecular complexity index is 1100. The molecule has 4 N–H and O–H groups in total. The number of benzene rings is 2. The van der Waals surface area contributed by atoms with Crippen LogP contribution in [0, 0.1) is 0 Å². The minimum Gasteiger partial charge on any atom is -0.479 e. The molecule has 0 aliphatic carbocycles. The van der Waals surface area contributed by atoms with Crippen molar-refractivity contribution in [3.05, 3.63) is 64.1 Å². The maximum atomic E-state index is 12.9. The molecule has 0 bridgehead atoms. The van der Waals surface area contributed by atoms with E-state index in [-0.39, 0.29) is 12.0 Å². The fraction of sp³-hybridized carbons (Fsp3) is 0.375. The number of alkyl carbamates (subject to hydrolysis) is 1. The van der Waals surface area contributed by atoms with Crippen molar-refractivity contribution in [3.63, 3.8) is 0 Å². The summed E-state index contributed by atoms with van der Waals surface area (Å²) < 4.78 is 47.4. The third-order valence-corrected chi connectivity index (χ3v) is 5.21. The maximum Gasteiger partial charge on any atom is 0.573 e. The number of alkyl halides is 3. The molecule has 0 unspecified atom stereocenters. The average Bonchev–Trinajstić information content (AvgIpc) is 2.75. The summed E-state index contributed by atoms with van der Waals surface area (Å²) in [4.78, 5) is 37.1. The molecule has 0 saturated heterocycles. The molecule has 0 aromatic heterocycles. The molecule has 0 spiro atoms. The summed E-state index contributed by atoms with van der Waals surface area (Å²) in [7, 11) is 0. The van der Waals surface area contributed by atoms with Gasteiger partial charge in [0.25, 0.3) is 5.91 Å². The van der Waals surface area contributed by atoms with Crippen molar-refractivity contribution in [2.45, 2.75) is 57.3 Å². The minimum absolute atomic E-state index is 0.0340. The van der Waals surface area contributed by atoms with Crippen LogP contribution in [0.25, 0.3) is 0 Å². The number of amides is 2. The standard InChI is InChI=1S/C24H26BrF3N2O7/c1-23(2,3)37-22(35)29-17(11-13-7-9-15(25)10-8-13)19(31)20(32)30-18(21(33)34)14-5-4-6-16(12-14)36-24(26,27)28/h4-10,12,17-19,31H,11H2,1-3H3,(H,29,35)(H,30,32)(H,33,34)/t17-,18+,19+/m1/s1. The molecule has 2 aromatic rings. The van der Waals surface area contributed by atoms with Crippen molar-refractivity contribution in [2.75, 3.05) is 0 Å². The number of hydrogen-bond acceptors (Lipinski definition) is 6. The van der Waals surface area contributed by atoms with Gasteiger partial charge in [0.2, 0.25) is 0 Å². The molecule has 2 amide bonds. The molecule has 202 valence electrons. The number of aliphatic hydroxyl groups is 1. The van der Waals surface area contributed by atoms with E-state index >= 15 is 0 Å². The Labute approximate surface area is 219 Å². The average molecular weight is 591 g/mol. The first-order valence-corrected chi connectivity index (χ1v) is 11.6. The predicted octanol–water partition coefficient (Wildman–Crippen LogP) is 4.09. The summed E-state index contributed by atoms with van der Waals surface area (Å²) >= 11 is 3.29. The molecule has 0 saturated carbocycles. The first kappa shape index (κ1) is 29.9. The molecule has 0 radical (unpaired) electrons. The monoisotopic (exact) mass is 590 g/mol. The van der Waals surface area contributed by atoms with Crippen molar-refractivity contribution >= 4 is 33.9 Å². The zero-order chi connectivity index (χ0) is 28.0. The molecule has 0 aliphatic rings. The molecular formula is C24H26BrF3N2O7. The highest BCUT2D eigenvalue weighted by Gasteiger charge is 2.34. The van der Waals surface area contributed by atoms with Gasteiger partial charge in [0.1, 0.15) is 11.4 Å². The number of carbonyl (C=O) groups is 3. The number of carboxylic acids is 1. The third-order valence-electron chi connectivity index (χ3n) is 4.68. The fourth-order valence-corrected chi connectivity index (χ4v) is 3.43. The van der Waals surface area contributed by atoms with E-state index in [1.807, 2.05) is 0 Å². The summed E-state index contributed by atoms with van der Waals surface area (Å²) in [5.41, 5.74) is -0.487. The summed E-state index contributed by atoms with van der Waals surface area (Å²) in [5.74, 6) is -3.48. The zero-order valence-corrected chi connectivity index (χ0v) is 21.6. The highest BCUT2D eigenvalue weighted by atomic mass is 79.9. The molecular weight excluding hydrogens is 565 g/mol. The fourth-order valence-electron chi connectivity index (χ4n) is 3.16. The largest absolute Gasteiger partial charge is 0.573 e. The Kier molecular flexibility index (Phi) is 9.93. The van der Waals surface area contributed by atoms with Crippen LogP contribution in [0.5, 0.6) is 5.75 Å². The second-order valence-electron chi connectivity index (χ2n) is 8.93. The van der Waals surface area contributed by atoms with E-state index in [0.717, 1.165) is 22.7 Å². The van der Waals surface area contributed by atoms with Crippen LogP contribution in [-0.4, -0.2) is 52.3 Å². The lowest BCUT2D eigenvalue weighted by Crippen LogP contribution is -2.53. The Balaban J connectivity index is 2.26. The summed E-state index contributed by atoms with van der Waals surface area (Å²) in [6.45, 7) is 4.86. The first-order valence-electron chi connectivity index (χ1n) is 10.8. The number of carbonyl (C=O) groups excluding carboxylic acids is 2. The molecule has 2 rings (SSSR count). The van der Waals surface area contributed by atoms with Crippen molar-refractivity contribution in [2.24, 2.45) is 0 Å². The van der Waals surface area contributed by atoms with Gasteiger partial charge < -0.3 is 30.3 Å². The third kappa shape index (κ3) is 10.3. The van der Waals surface area contributed by atoms with Crippen LogP contribution in [0.2, 0.25) is 0 Å². The van der Waals surface area contributed by atoms with Gasteiger partial charge in [-0.2, -0.15) is 0 Å². The molecule has 0 fully saturated rings. The molecule has 13 heteroatoms. The van der Waals surface area contributed by atoms with Crippen LogP contribution in [0.4, 0.5) is 18.0 Å². The number of aliphatic hydroxyl groups excluding tert-OH is 1. The van der Waals surface area contributed by atoms with Gasteiger partial charge in [-0.25, -0.2) is 9.59 Å². The molecule has 0 aliphatic heterocycles. The maximum absolute atomic E-state index is 12.9. The van der Waals surface area contributed by atoms with E-state index < -0.39 is 53.9 Å². The minimum atomic E-state index is -5.01. The number of carboxylic acid groups (broad SMARTS) is 1. The smallest absolute Gasteiger partial charge is 0.479 e. The van der Waals surface area contributed by atoms with Crippen molar-refractivity contribution in [1.29, 1.82) is 0 Å². The van der Waals surface area contributed by atoms with Gasteiger partial charge >= 0.3 is 18.4 Å². The van der Waals surface area contributed by atoms with Crippen LogP contribution in [0.1, 0.15) is 37.9 Å². The number of hydrogen-bond donors (Lipinski definition) is 4. The van der Waals surface area contributed by atoms with Crippen LogP contribution < -0.4 is 15.4 Å². The van der Waals surface area contributed by atoms with Crippen molar-refractivity contribution < 1.29 is 47.2 Å². The second kappa shape index (κ2) is 12.3. The number of aliphatic carboxylic acids is 1. The van der Waals surface area contributed by atoms with Gasteiger partial charge in [-0.1, -0.05) is 40.2 Å². The topological polar surface area (TPSA) is 134 Å². The van der Waals surface area contributed by atoms with E-state index in [1.165, 1.54) is 6.07 Å². The zero-order valence-electron chi connectivity index (χ0n) is 20.0. The Morgan fingerprint density at radius 1 is 1.03 bits per heavy atom. The van der Waals surface area contributed by atoms with Gasteiger partial charge in [-0.05, 0) is 62.6 Å². The van der Waals surface area contributed by atoms with Gasteiger partial charge in [-0.3, -0.25) is 4.79 Å². The SMILES string of the molecule is CC(C)(C)OC(=O)N[C@H](Cc1ccc(Br)cc1)[C@H](O)C(=O)N[C@H](C(=O)O)c1cccc(OC(F)(F)F)c1. The summed E-state index contributed by atoms with van der Waals surface area (Å²) in [5, 5.41) is 24.9. The molecule has 9 nitrogen and oxygen atoms in total. The van der Waals surface area contributed by atoms with Crippen molar-refractivity contribution in [3.8, 4) is 5.75 Å². The van der Waals surface area contributed by atoms with E-state index in [2.05, 4.69) is 31.3 Å². The van der Waals surface area contributed by atoms with Crippen LogP contribution in [0.15, 0.2) is 53.0 Å². The number of ether oxygens (including phenoxy) is 2. The lowest BCUT2D eigenvalue weighted by Gasteiger charge is -2.27. The van der Waals surface area contributed by atoms with E-state index in [9.17, 15) is 37.8 Å². The molecule has 2 aromatic carbocycles. The Morgan fingerprint density at radius 3 is 2.19 bits per heavy atom. The Hall–Kier alpha value is -3.32. The quantitative estimate of drug-likeness (QED) is 0.345. The van der Waals surface area contributed by atoms with Crippen molar-refractivity contribution in [1.82, 2.24) is 10.6 Å². The summed E-state index contributed by atoms with van der Waals surface area (Å²) in [6, 6.07) is 7.78.